The molecule has 1 aliphatic heterocycles. The third-order valence-electron chi connectivity index (χ3n) is 3.16. The predicted octanol–water partition coefficient (Wildman–Crippen LogP) is 2.91. The van der Waals surface area contributed by atoms with E-state index in [1.165, 1.54) is 13.3 Å². The summed E-state index contributed by atoms with van der Waals surface area (Å²) in [4.78, 5) is 25.1. The van der Waals surface area contributed by atoms with Gasteiger partial charge in [-0.3, -0.25) is 4.79 Å². The summed E-state index contributed by atoms with van der Waals surface area (Å²) in [5.41, 5.74) is 1.30. The van der Waals surface area contributed by atoms with E-state index in [1.54, 1.807) is 24.3 Å². The normalized spacial score (nSPS) is 15.3. The number of nitrogens with zero attached hydrogens (tertiary/aromatic N) is 1. The molecule has 1 aromatic carbocycles. The van der Waals surface area contributed by atoms with E-state index < -0.39 is 0 Å². The van der Waals surface area contributed by atoms with Gasteiger partial charge in [-0.2, -0.15) is 0 Å². The highest BCUT2D eigenvalue weighted by molar-refractivity contribution is 5.96. The summed E-state index contributed by atoms with van der Waals surface area (Å²) in [6.07, 6.45) is 3.34. The van der Waals surface area contributed by atoms with Crippen LogP contribution in [0, 0.1) is 0 Å². The van der Waals surface area contributed by atoms with Crippen molar-refractivity contribution in [2.45, 2.75) is 26.2 Å². The van der Waals surface area contributed by atoms with Crippen LogP contribution in [0.5, 0.6) is 0 Å². The van der Waals surface area contributed by atoms with Gasteiger partial charge in [0.25, 0.3) is 0 Å². The Hall–Kier alpha value is -1.84. The monoisotopic (exact) mass is 246 g/mol. The van der Waals surface area contributed by atoms with Crippen LogP contribution >= 0.6 is 0 Å². The number of carbonyl (C=O) groups is 2. The summed E-state index contributed by atoms with van der Waals surface area (Å²) in [6, 6.07) is 6.97. The van der Waals surface area contributed by atoms with Gasteiger partial charge in [0.1, 0.15) is 0 Å². The third-order valence-corrected chi connectivity index (χ3v) is 3.16. The minimum Gasteiger partial charge on any atom is -0.325 e. The lowest BCUT2D eigenvalue weighted by atomic mass is 10.1. The van der Waals surface area contributed by atoms with Gasteiger partial charge in [-0.25, -0.2) is 4.79 Å². The zero-order valence-electron chi connectivity index (χ0n) is 10.6. The first kappa shape index (κ1) is 12.6. The Kier molecular flexibility index (Phi) is 3.97. The fourth-order valence-corrected chi connectivity index (χ4v) is 2.12. The number of amides is 2. The molecule has 1 saturated heterocycles. The first-order valence-electron chi connectivity index (χ1n) is 6.34. The number of nitrogens with one attached hydrogen (secondary N) is 1. The number of piperidine rings is 1. The number of rotatable bonds is 2. The molecule has 1 aromatic rings. The van der Waals surface area contributed by atoms with Gasteiger partial charge in [0.05, 0.1) is 0 Å². The van der Waals surface area contributed by atoms with Crippen molar-refractivity contribution < 1.29 is 9.59 Å². The number of carbonyl (C=O) groups excluding carboxylic acids is 2. The number of benzene rings is 1. The maximum atomic E-state index is 12.0. The van der Waals surface area contributed by atoms with Gasteiger partial charge in [0.2, 0.25) is 0 Å². The molecule has 1 aliphatic rings. The largest absolute Gasteiger partial charge is 0.325 e. The molecule has 1 heterocycles. The second-order valence-electron chi connectivity index (χ2n) is 4.61. The number of hydrogen-bond acceptors (Lipinski definition) is 2. The van der Waals surface area contributed by atoms with E-state index >= 15 is 0 Å². The Morgan fingerprint density at radius 2 is 1.89 bits per heavy atom. The second kappa shape index (κ2) is 5.67. The zero-order chi connectivity index (χ0) is 13.0. The van der Waals surface area contributed by atoms with Crippen LogP contribution in [0.15, 0.2) is 24.3 Å². The van der Waals surface area contributed by atoms with Crippen molar-refractivity contribution >= 4 is 17.5 Å². The van der Waals surface area contributed by atoms with E-state index in [-0.39, 0.29) is 11.8 Å². The summed E-state index contributed by atoms with van der Waals surface area (Å²) < 4.78 is 0. The lowest BCUT2D eigenvalue weighted by molar-refractivity contribution is 0.101. The molecule has 4 nitrogen and oxygen atoms in total. The van der Waals surface area contributed by atoms with Crippen LogP contribution in [0.4, 0.5) is 10.5 Å². The molecule has 2 amide bonds. The Bertz CT molecular complexity index is 451. The van der Waals surface area contributed by atoms with Crippen molar-refractivity contribution in [2.24, 2.45) is 0 Å². The van der Waals surface area contributed by atoms with E-state index in [0.29, 0.717) is 11.3 Å². The minimum atomic E-state index is -0.0737. The lowest BCUT2D eigenvalue weighted by Crippen LogP contribution is -2.38. The van der Waals surface area contributed by atoms with E-state index in [1.807, 2.05) is 4.90 Å². The van der Waals surface area contributed by atoms with E-state index in [4.69, 9.17) is 0 Å². The number of anilines is 1. The molecule has 0 spiro atoms. The Morgan fingerprint density at radius 3 is 2.56 bits per heavy atom. The molecule has 0 atom stereocenters. The summed E-state index contributed by atoms with van der Waals surface area (Å²) in [5, 5.41) is 2.84. The molecule has 0 saturated carbocycles. The quantitative estimate of drug-likeness (QED) is 0.816. The summed E-state index contributed by atoms with van der Waals surface area (Å²) in [6.45, 7) is 3.15. The second-order valence-corrected chi connectivity index (χ2v) is 4.61. The predicted molar refractivity (Wildman–Crippen MR) is 70.9 cm³/mol. The first-order chi connectivity index (χ1) is 8.66. The number of Topliss-reactive ketones (excluding diaryl/α,β-unsaturated/α-hetero) is 1. The summed E-state index contributed by atoms with van der Waals surface area (Å²) in [5.74, 6) is 0.00377. The summed E-state index contributed by atoms with van der Waals surface area (Å²) >= 11 is 0. The van der Waals surface area contributed by atoms with Crippen molar-refractivity contribution in [3.8, 4) is 0 Å². The van der Waals surface area contributed by atoms with Gasteiger partial charge in [0.15, 0.2) is 5.78 Å². The highest BCUT2D eigenvalue weighted by Crippen LogP contribution is 2.14. The SMILES string of the molecule is CC(=O)c1cccc(NC(=O)N2CCCCC2)c1. The lowest BCUT2D eigenvalue weighted by Gasteiger charge is -2.26. The number of ketones is 1. The topological polar surface area (TPSA) is 49.4 Å². The van der Waals surface area contributed by atoms with Crippen molar-refractivity contribution in [1.29, 1.82) is 0 Å². The van der Waals surface area contributed by atoms with Gasteiger partial charge in [-0.15, -0.1) is 0 Å². The van der Waals surface area contributed by atoms with Crippen LogP contribution in [-0.2, 0) is 0 Å². The van der Waals surface area contributed by atoms with E-state index in [2.05, 4.69) is 5.32 Å². The van der Waals surface area contributed by atoms with Crippen molar-refractivity contribution in [3.05, 3.63) is 29.8 Å². The highest BCUT2D eigenvalue weighted by Gasteiger charge is 2.16. The Morgan fingerprint density at radius 1 is 1.17 bits per heavy atom. The molecule has 1 fully saturated rings. The van der Waals surface area contributed by atoms with Crippen LogP contribution in [0.3, 0.4) is 0 Å². The molecular weight excluding hydrogens is 228 g/mol. The van der Waals surface area contributed by atoms with Gasteiger partial charge in [-0.1, -0.05) is 12.1 Å². The molecule has 18 heavy (non-hydrogen) atoms. The third kappa shape index (κ3) is 3.09. The van der Waals surface area contributed by atoms with Crippen LogP contribution in [0.25, 0.3) is 0 Å². The molecule has 0 aliphatic carbocycles. The van der Waals surface area contributed by atoms with E-state index in [0.717, 1.165) is 25.9 Å². The van der Waals surface area contributed by atoms with Crippen LogP contribution in [-0.4, -0.2) is 29.8 Å². The Balaban J connectivity index is 2.02. The average molecular weight is 246 g/mol. The number of likely N-dealkylation sites (tertiary alicyclic amines) is 1. The highest BCUT2D eigenvalue weighted by atomic mass is 16.2. The molecule has 96 valence electrons. The molecular formula is C14H18N2O2. The molecule has 0 unspecified atom stereocenters. The number of hydrogen-bond donors (Lipinski definition) is 1. The van der Waals surface area contributed by atoms with Crippen molar-refractivity contribution in [3.63, 3.8) is 0 Å². The average Bonchev–Trinajstić information content (AvgIpc) is 2.40. The van der Waals surface area contributed by atoms with Crippen molar-refractivity contribution in [1.82, 2.24) is 4.90 Å². The van der Waals surface area contributed by atoms with E-state index in [9.17, 15) is 9.59 Å². The zero-order valence-corrected chi connectivity index (χ0v) is 10.6. The first-order valence-corrected chi connectivity index (χ1v) is 6.34. The minimum absolute atomic E-state index is 0.00377. The fraction of sp³-hybridized carbons (Fsp3) is 0.429. The molecule has 0 radical (unpaired) electrons. The van der Waals surface area contributed by atoms with Gasteiger partial charge in [-0.05, 0) is 38.3 Å². The van der Waals surface area contributed by atoms with Crippen LogP contribution in [0.1, 0.15) is 36.5 Å². The number of urea groups is 1. The molecule has 4 heteroatoms. The maximum Gasteiger partial charge on any atom is 0.321 e. The standard InChI is InChI=1S/C14H18N2O2/c1-11(17)12-6-5-7-13(10-12)15-14(18)16-8-3-2-4-9-16/h5-7,10H,2-4,8-9H2,1H3,(H,15,18). The molecule has 0 aromatic heterocycles. The van der Waals surface area contributed by atoms with Gasteiger partial charge >= 0.3 is 6.03 Å². The smallest absolute Gasteiger partial charge is 0.321 e. The maximum absolute atomic E-state index is 12.0. The summed E-state index contributed by atoms with van der Waals surface area (Å²) in [7, 11) is 0. The molecule has 2 rings (SSSR count). The Labute approximate surface area is 107 Å². The van der Waals surface area contributed by atoms with Gasteiger partial charge < -0.3 is 10.2 Å². The van der Waals surface area contributed by atoms with Gasteiger partial charge in [0, 0.05) is 24.3 Å². The molecule has 1 N–H and O–H groups in total. The van der Waals surface area contributed by atoms with Crippen molar-refractivity contribution in [2.75, 3.05) is 18.4 Å². The van der Waals surface area contributed by atoms with Crippen LogP contribution < -0.4 is 5.32 Å². The fourth-order valence-electron chi connectivity index (χ4n) is 2.12. The van der Waals surface area contributed by atoms with Crippen LogP contribution in [0.2, 0.25) is 0 Å². The molecule has 0 bridgehead atoms.